The molecule has 0 fully saturated rings. The monoisotopic (exact) mass is 819 g/mol. The van der Waals surface area contributed by atoms with Gasteiger partial charge in [-0.15, -0.1) is 0 Å². The van der Waals surface area contributed by atoms with Crippen LogP contribution in [-0.4, -0.2) is 24.9 Å². The summed E-state index contributed by atoms with van der Waals surface area (Å²) in [6.45, 7) is 0. The highest BCUT2D eigenvalue weighted by Crippen LogP contribution is 2.45. The van der Waals surface area contributed by atoms with Crippen molar-refractivity contribution < 1.29 is 0 Å². The molecular weight excluding hydrogens is 779 g/mol. The molecule has 1 unspecified atom stereocenters. The molecule has 1 aliphatic rings. The summed E-state index contributed by atoms with van der Waals surface area (Å²) in [7, 11) is 0. The molecule has 0 bridgehead atoms. The van der Waals surface area contributed by atoms with Crippen LogP contribution in [0.4, 0.5) is 0 Å². The maximum atomic E-state index is 5.20. The smallest absolute Gasteiger partial charge is 0.164 e. The van der Waals surface area contributed by atoms with Crippen molar-refractivity contribution in [3.8, 4) is 79.2 Å². The molecule has 0 radical (unpaired) electrons. The van der Waals surface area contributed by atoms with Crippen molar-refractivity contribution in [2.24, 2.45) is 0 Å². The third-order valence-corrected chi connectivity index (χ3v) is 12.0. The van der Waals surface area contributed by atoms with Gasteiger partial charge in [-0.2, -0.15) is 0 Å². The second-order valence-corrected chi connectivity index (χ2v) is 16.0. The standard InChI is InChI=1S/C59H41N5/c1-5-18-44(19-6-1)53-39-54(45-20-7-2-8-21-45)61-56(60-53)48-35-31-41(32-36-48)40-29-33-43(34-30-40)49-26-15-16-28-51(49)55-50-27-14-13-17-42(50)37-38-52(55)59-63-57(46-22-9-3-10-23-46)62-58(64-59)47-24-11-4-12-25-47/h1-27,29-39,51H,28H2. The number of aromatic nitrogens is 5. The summed E-state index contributed by atoms with van der Waals surface area (Å²) >= 11 is 0. The lowest BCUT2D eigenvalue weighted by atomic mass is 9.77. The van der Waals surface area contributed by atoms with Crippen LogP contribution in [0.2, 0.25) is 0 Å². The van der Waals surface area contributed by atoms with E-state index in [1.54, 1.807) is 0 Å². The summed E-state index contributed by atoms with van der Waals surface area (Å²) in [5.74, 6) is 2.71. The van der Waals surface area contributed by atoms with Gasteiger partial charge in [0.1, 0.15) is 0 Å². The van der Waals surface area contributed by atoms with Crippen molar-refractivity contribution in [1.29, 1.82) is 0 Å². The van der Waals surface area contributed by atoms with Crippen molar-refractivity contribution in [3.05, 3.63) is 242 Å². The minimum atomic E-state index is 0.0563. The van der Waals surface area contributed by atoms with E-state index in [1.807, 2.05) is 72.8 Å². The van der Waals surface area contributed by atoms with Gasteiger partial charge in [0.25, 0.3) is 0 Å². The SMILES string of the molecule is C1=CCC(c2c(-c3nc(-c4ccccc4)nc(-c4ccccc4)n3)ccc3ccccc23)C(c2ccc(-c3ccc(-c4nc(-c5ccccc5)cc(-c5ccccc5)n4)cc3)cc2)=C1. The molecule has 2 aromatic heterocycles. The van der Waals surface area contributed by atoms with Crippen LogP contribution in [0.25, 0.3) is 95.5 Å². The molecular formula is C59H41N5. The molecule has 64 heavy (non-hydrogen) atoms. The Kier molecular flexibility index (Phi) is 10.3. The number of hydrogen-bond donors (Lipinski definition) is 0. The van der Waals surface area contributed by atoms with Crippen LogP contribution in [0.5, 0.6) is 0 Å². The van der Waals surface area contributed by atoms with Gasteiger partial charge in [-0.25, -0.2) is 24.9 Å². The summed E-state index contributed by atoms with van der Waals surface area (Å²) in [5, 5.41) is 2.38. The first kappa shape index (κ1) is 38.5. The van der Waals surface area contributed by atoms with E-state index < -0.39 is 0 Å². The van der Waals surface area contributed by atoms with Crippen molar-refractivity contribution in [3.63, 3.8) is 0 Å². The van der Waals surface area contributed by atoms with Gasteiger partial charge >= 0.3 is 0 Å². The van der Waals surface area contributed by atoms with E-state index in [1.165, 1.54) is 27.5 Å². The van der Waals surface area contributed by atoms with E-state index in [-0.39, 0.29) is 5.92 Å². The maximum Gasteiger partial charge on any atom is 0.164 e. The Labute approximate surface area is 372 Å². The summed E-state index contributed by atoms with van der Waals surface area (Å²) in [6.07, 6.45) is 7.58. The molecule has 1 atom stereocenters. The summed E-state index contributed by atoms with van der Waals surface area (Å²) in [5.41, 5.74) is 13.7. The molecule has 10 aromatic rings. The molecule has 5 heteroatoms. The fraction of sp³-hybridized carbons (Fsp3) is 0.0339. The van der Waals surface area contributed by atoms with Crippen LogP contribution in [0.1, 0.15) is 23.5 Å². The first-order valence-corrected chi connectivity index (χ1v) is 21.7. The lowest BCUT2D eigenvalue weighted by Crippen LogP contribution is -2.09. The Morgan fingerprint density at radius 3 is 1.34 bits per heavy atom. The number of allylic oxidation sites excluding steroid dienone is 4. The Bertz CT molecular complexity index is 3190. The second kappa shape index (κ2) is 17.2. The van der Waals surface area contributed by atoms with Crippen LogP contribution in [0.15, 0.2) is 231 Å². The van der Waals surface area contributed by atoms with Gasteiger partial charge < -0.3 is 0 Å². The zero-order valence-corrected chi connectivity index (χ0v) is 35.0. The number of benzene rings is 8. The van der Waals surface area contributed by atoms with E-state index in [0.29, 0.717) is 23.3 Å². The molecule has 302 valence electrons. The van der Waals surface area contributed by atoms with Gasteiger partial charge in [0.2, 0.25) is 0 Å². The van der Waals surface area contributed by atoms with Gasteiger partial charge in [-0.05, 0) is 51.1 Å². The zero-order valence-electron chi connectivity index (χ0n) is 35.0. The highest BCUT2D eigenvalue weighted by molar-refractivity contribution is 5.95. The average Bonchev–Trinajstić information content (AvgIpc) is 3.39. The summed E-state index contributed by atoms with van der Waals surface area (Å²) < 4.78 is 0. The predicted molar refractivity (Wildman–Crippen MR) is 262 cm³/mol. The molecule has 8 aromatic carbocycles. The van der Waals surface area contributed by atoms with Crippen molar-refractivity contribution in [1.82, 2.24) is 24.9 Å². The van der Waals surface area contributed by atoms with E-state index in [0.717, 1.165) is 62.3 Å². The first-order valence-electron chi connectivity index (χ1n) is 21.7. The summed E-state index contributed by atoms with van der Waals surface area (Å²) in [4.78, 5) is 25.5. The largest absolute Gasteiger partial charge is 0.228 e. The van der Waals surface area contributed by atoms with Crippen LogP contribution >= 0.6 is 0 Å². The van der Waals surface area contributed by atoms with E-state index in [9.17, 15) is 0 Å². The van der Waals surface area contributed by atoms with Crippen LogP contribution in [0, 0.1) is 0 Å². The van der Waals surface area contributed by atoms with Crippen molar-refractivity contribution in [2.75, 3.05) is 0 Å². The minimum Gasteiger partial charge on any atom is -0.228 e. The number of fused-ring (bicyclic) bond motifs is 1. The van der Waals surface area contributed by atoms with E-state index >= 15 is 0 Å². The molecule has 0 saturated carbocycles. The van der Waals surface area contributed by atoms with Gasteiger partial charge in [-0.1, -0.05) is 224 Å². The Balaban J connectivity index is 0.945. The second-order valence-electron chi connectivity index (χ2n) is 16.0. The molecule has 0 saturated heterocycles. The zero-order chi connectivity index (χ0) is 42.7. The van der Waals surface area contributed by atoms with E-state index in [2.05, 4.69) is 158 Å². The quantitative estimate of drug-likeness (QED) is 0.145. The van der Waals surface area contributed by atoms with Gasteiger partial charge in [0.05, 0.1) is 11.4 Å². The Hall–Kier alpha value is -8.41. The number of rotatable bonds is 9. The third-order valence-electron chi connectivity index (χ3n) is 12.0. The molecule has 5 nitrogen and oxygen atoms in total. The molecule has 1 aliphatic carbocycles. The van der Waals surface area contributed by atoms with Gasteiger partial charge in [0.15, 0.2) is 23.3 Å². The highest BCUT2D eigenvalue weighted by Gasteiger charge is 2.26. The number of nitrogens with zero attached hydrogens (tertiary/aromatic N) is 5. The van der Waals surface area contributed by atoms with Gasteiger partial charge in [0, 0.05) is 39.3 Å². The average molecular weight is 820 g/mol. The molecule has 0 aliphatic heterocycles. The first-order chi connectivity index (χ1) is 31.7. The lowest BCUT2D eigenvalue weighted by molar-refractivity contribution is 0.881. The van der Waals surface area contributed by atoms with E-state index in [4.69, 9.17) is 24.9 Å². The highest BCUT2D eigenvalue weighted by atomic mass is 15.0. The summed E-state index contributed by atoms with van der Waals surface area (Å²) in [6, 6.07) is 73.7. The predicted octanol–water partition coefficient (Wildman–Crippen LogP) is 14.6. The lowest BCUT2D eigenvalue weighted by Gasteiger charge is -2.26. The van der Waals surface area contributed by atoms with Crippen LogP contribution < -0.4 is 0 Å². The van der Waals surface area contributed by atoms with Gasteiger partial charge in [-0.3, -0.25) is 0 Å². The van der Waals surface area contributed by atoms with Crippen molar-refractivity contribution >= 4 is 16.3 Å². The topological polar surface area (TPSA) is 64.5 Å². The Morgan fingerprint density at radius 1 is 0.344 bits per heavy atom. The minimum absolute atomic E-state index is 0.0563. The molecule has 0 amide bonds. The molecule has 0 spiro atoms. The normalized spacial score (nSPS) is 13.4. The molecule has 0 N–H and O–H groups in total. The van der Waals surface area contributed by atoms with Crippen LogP contribution in [0.3, 0.4) is 0 Å². The fourth-order valence-electron chi connectivity index (χ4n) is 8.75. The molecule has 2 heterocycles. The number of hydrogen-bond acceptors (Lipinski definition) is 5. The van der Waals surface area contributed by atoms with Crippen LogP contribution in [-0.2, 0) is 0 Å². The Morgan fingerprint density at radius 2 is 0.781 bits per heavy atom. The fourth-order valence-corrected chi connectivity index (χ4v) is 8.75. The molecule has 11 rings (SSSR count). The maximum absolute atomic E-state index is 5.20. The van der Waals surface area contributed by atoms with Crippen molar-refractivity contribution in [2.45, 2.75) is 12.3 Å². The third kappa shape index (κ3) is 7.72.